The van der Waals surface area contributed by atoms with Crippen molar-refractivity contribution in [2.75, 3.05) is 5.32 Å². The maximum Gasteiger partial charge on any atom is 0.248 e. The fourth-order valence-corrected chi connectivity index (χ4v) is 4.85. The summed E-state index contributed by atoms with van der Waals surface area (Å²) in [5.41, 5.74) is 2.20. The van der Waals surface area contributed by atoms with E-state index in [0.29, 0.717) is 24.4 Å². The molecule has 0 radical (unpaired) electrons. The first-order chi connectivity index (χ1) is 13.9. The number of amides is 1. The van der Waals surface area contributed by atoms with Crippen LogP contribution in [0.4, 0.5) is 13.9 Å². The number of nitrogens with one attached hydrogen (secondary N) is 1. The minimum atomic E-state index is -2.57. The Morgan fingerprint density at radius 3 is 2.83 bits per heavy atom. The molecule has 1 unspecified atom stereocenters. The van der Waals surface area contributed by atoms with E-state index in [2.05, 4.69) is 25.8 Å². The smallest absolute Gasteiger partial charge is 0.248 e. The molecule has 1 aromatic carbocycles. The van der Waals surface area contributed by atoms with Crippen LogP contribution < -0.4 is 5.32 Å². The molecule has 1 N–H and O–H groups in total. The van der Waals surface area contributed by atoms with Crippen molar-refractivity contribution >= 4 is 22.4 Å². The summed E-state index contributed by atoms with van der Waals surface area (Å²) in [7, 11) is 0. The van der Waals surface area contributed by atoms with Crippen molar-refractivity contribution in [3.05, 3.63) is 36.0 Å². The number of carbonyl (C=O) groups is 1. The van der Waals surface area contributed by atoms with Crippen LogP contribution in [-0.2, 0) is 4.79 Å². The summed E-state index contributed by atoms with van der Waals surface area (Å²) < 4.78 is 28.4. The predicted octanol–water partition coefficient (Wildman–Crippen LogP) is 3.94. The predicted molar refractivity (Wildman–Crippen MR) is 103 cm³/mol. The van der Waals surface area contributed by atoms with Gasteiger partial charge < -0.3 is 5.32 Å². The normalized spacial score (nSPS) is 21.8. The maximum absolute atomic E-state index is 13.4. The average molecular weight is 416 g/mol. The van der Waals surface area contributed by atoms with Gasteiger partial charge in [-0.3, -0.25) is 4.79 Å². The third-order valence-corrected chi connectivity index (χ3v) is 6.73. The van der Waals surface area contributed by atoms with Gasteiger partial charge in [-0.25, -0.2) is 18.4 Å². The van der Waals surface area contributed by atoms with Crippen molar-refractivity contribution in [3.63, 3.8) is 0 Å². The molecule has 0 aliphatic heterocycles. The maximum atomic E-state index is 13.4. The van der Waals surface area contributed by atoms with Crippen LogP contribution in [0.15, 0.2) is 36.0 Å². The highest BCUT2D eigenvalue weighted by atomic mass is 32.1. The van der Waals surface area contributed by atoms with Crippen molar-refractivity contribution in [2.45, 2.75) is 38.0 Å². The van der Waals surface area contributed by atoms with Crippen LogP contribution in [0, 0.1) is 11.3 Å². The van der Waals surface area contributed by atoms with Crippen molar-refractivity contribution in [1.29, 1.82) is 0 Å². The Balaban J connectivity index is 1.26. The molecule has 0 saturated heterocycles. The monoisotopic (exact) mass is 416 g/mol. The van der Waals surface area contributed by atoms with Crippen LogP contribution in [-0.4, -0.2) is 37.0 Å². The van der Waals surface area contributed by atoms with E-state index in [1.165, 1.54) is 17.7 Å². The Bertz CT molecular complexity index is 1040. The molecule has 2 fully saturated rings. The number of nitrogens with zero attached hydrogens (tertiary/aromatic N) is 5. The SMILES string of the molecule is O=C(Nc1nc(-c2cccc(-n3cnnn3)c2)cs1)C1CC12CCC(F)(F)CC2. The van der Waals surface area contributed by atoms with Gasteiger partial charge in [-0.2, -0.15) is 0 Å². The Labute approximate surface area is 169 Å². The fourth-order valence-electron chi connectivity index (χ4n) is 4.13. The first-order valence-electron chi connectivity index (χ1n) is 9.42. The van der Waals surface area contributed by atoms with E-state index in [0.717, 1.165) is 16.9 Å². The molecule has 1 amide bonds. The molecule has 10 heteroatoms. The second-order valence-electron chi connectivity index (χ2n) is 7.81. The number of hydrogen-bond donors (Lipinski definition) is 1. The zero-order valence-corrected chi connectivity index (χ0v) is 16.2. The number of carbonyl (C=O) groups excluding carboxylic acids is 1. The molecule has 150 valence electrons. The molecule has 1 atom stereocenters. The third-order valence-electron chi connectivity index (χ3n) is 5.97. The van der Waals surface area contributed by atoms with Gasteiger partial charge in [0.1, 0.15) is 6.33 Å². The van der Waals surface area contributed by atoms with Gasteiger partial charge in [-0.15, -0.1) is 16.4 Å². The number of thiazole rings is 1. The summed E-state index contributed by atoms with van der Waals surface area (Å²) in [5, 5.41) is 16.4. The van der Waals surface area contributed by atoms with Gasteiger partial charge in [-0.05, 0) is 47.2 Å². The van der Waals surface area contributed by atoms with Gasteiger partial charge in [0.15, 0.2) is 5.13 Å². The number of anilines is 1. The lowest BCUT2D eigenvalue weighted by molar-refractivity contribution is -0.119. The molecule has 5 rings (SSSR count). The Hall–Kier alpha value is -2.75. The lowest BCUT2D eigenvalue weighted by Gasteiger charge is -2.28. The van der Waals surface area contributed by atoms with Gasteiger partial charge in [0.05, 0.1) is 11.4 Å². The first-order valence-corrected chi connectivity index (χ1v) is 10.3. The molecular weight excluding hydrogens is 398 g/mol. The summed E-state index contributed by atoms with van der Waals surface area (Å²) in [6, 6.07) is 7.60. The van der Waals surface area contributed by atoms with E-state index < -0.39 is 5.92 Å². The number of benzene rings is 1. The lowest BCUT2D eigenvalue weighted by Crippen LogP contribution is -2.28. The molecular formula is C19H18F2N6OS. The van der Waals surface area contributed by atoms with Gasteiger partial charge >= 0.3 is 0 Å². The Kier molecular flexibility index (Phi) is 4.19. The summed E-state index contributed by atoms with van der Waals surface area (Å²) in [6.07, 6.45) is 2.82. The van der Waals surface area contributed by atoms with Crippen molar-refractivity contribution in [2.24, 2.45) is 11.3 Å². The quantitative estimate of drug-likeness (QED) is 0.696. The van der Waals surface area contributed by atoms with Crippen LogP contribution in [0.3, 0.4) is 0 Å². The Morgan fingerprint density at radius 2 is 2.07 bits per heavy atom. The number of tetrazole rings is 1. The molecule has 2 heterocycles. The largest absolute Gasteiger partial charge is 0.302 e. The lowest BCUT2D eigenvalue weighted by atomic mass is 9.82. The number of aromatic nitrogens is 5. The minimum Gasteiger partial charge on any atom is -0.302 e. The van der Waals surface area contributed by atoms with Crippen LogP contribution in [0.1, 0.15) is 32.1 Å². The van der Waals surface area contributed by atoms with E-state index in [1.54, 1.807) is 4.68 Å². The summed E-state index contributed by atoms with van der Waals surface area (Å²) in [6.45, 7) is 0. The van der Waals surface area contributed by atoms with E-state index in [9.17, 15) is 13.6 Å². The van der Waals surface area contributed by atoms with E-state index in [1.807, 2.05) is 29.6 Å². The van der Waals surface area contributed by atoms with E-state index >= 15 is 0 Å². The van der Waals surface area contributed by atoms with Crippen LogP contribution in [0.5, 0.6) is 0 Å². The molecule has 2 aromatic heterocycles. The Morgan fingerprint density at radius 1 is 1.24 bits per heavy atom. The molecule has 3 aromatic rings. The third kappa shape index (κ3) is 3.52. The first kappa shape index (κ1) is 18.3. The molecule has 1 spiro atoms. The highest BCUT2D eigenvalue weighted by Gasteiger charge is 2.60. The molecule has 2 saturated carbocycles. The van der Waals surface area contributed by atoms with Gasteiger partial charge in [-0.1, -0.05) is 12.1 Å². The zero-order chi connectivity index (χ0) is 20.1. The highest BCUT2D eigenvalue weighted by Crippen LogP contribution is 2.63. The number of halogens is 2. The average Bonchev–Trinajstić information content (AvgIpc) is 3.08. The molecule has 0 bridgehead atoms. The molecule has 2 aliphatic carbocycles. The topological polar surface area (TPSA) is 85.6 Å². The van der Waals surface area contributed by atoms with Crippen LogP contribution in [0.25, 0.3) is 16.9 Å². The minimum absolute atomic E-state index is 0.112. The number of alkyl halides is 2. The summed E-state index contributed by atoms with van der Waals surface area (Å²) in [5.74, 6) is -2.87. The van der Waals surface area contributed by atoms with Crippen LogP contribution >= 0.6 is 11.3 Å². The zero-order valence-electron chi connectivity index (χ0n) is 15.4. The van der Waals surface area contributed by atoms with Gasteiger partial charge in [0.2, 0.25) is 11.8 Å². The fraction of sp³-hybridized carbons (Fsp3) is 0.421. The van der Waals surface area contributed by atoms with Gasteiger partial charge in [0.25, 0.3) is 0 Å². The molecule has 2 aliphatic rings. The number of hydrogen-bond acceptors (Lipinski definition) is 6. The molecule has 29 heavy (non-hydrogen) atoms. The van der Waals surface area contributed by atoms with Crippen LogP contribution in [0.2, 0.25) is 0 Å². The second kappa shape index (κ2) is 6.65. The standard InChI is InChI=1S/C19H18F2N6OS/c20-19(21)6-4-18(5-7-19)9-14(18)16(28)24-17-23-15(10-29-17)12-2-1-3-13(8-12)27-11-22-25-26-27/h1-3,8,10-11,14H,4-7,9H2,(H,23,24,28). The summed E-state index contributed by atoms with van der Waals surface area (Å²) >= 11 is 1.35. The van der Waals surface area contributed by atoms with Gasteiger partial charge in [0, 0.05) is 29.7 Å². The van der Waals surface area contributed by atoms with E-state index in [4.69, 9.17) is 0 Å². The van der Waals surface area contributed by atoms with Crippen molar-refractivity contribution < 1.29 is 13.6 Å². The second-order valence-corrected chi connectivity index (χ2v) is 8.67. The summed E-state index contributed by atoms with van der Waals surface area (Å²) in [4.78, 5) is 17.1. The van der Waals surface area contributed by atoms with E-state index in [-0.39, 0.29) is 30.1 Å². The van der Waals surface area contributed by atoms with Crippen molar-refractivity contribution in [3.8, 4) is 16.9 Å². The highest BCUT2D eigenvalue weighted by molar-refractivity contribution is 7.14. The molecule has 7 nitrogen and oxygen atoms in total. The number of rotatable bonds is 4. The van der Waals surface area contributed by atoms with Crippen molar-refractivity contribution in [1.82, 2.24) is 25.2 Å².